The van der Waals surface area contributed by atoms with E-state index < -0.39 is 0 Å². The number of rotatable bonds is 9. The van der Waals surface area contributed by atoms with Gasteiger partial charge in [-0.25, -0.2) is 5.43 Å². The summed E-state index contributed by atoms with van der Waals surface area (Å²) in [6.07, 6.45) is 1.61. The molecule has 0 aromatic heterocycles. The van der Waals surface area contributed by atoms with E-state index in [0.29, 0.717) is 17.4 Å². The van der Waals surface area contributed by atoms with Crippen molar-refractivity contribution in [1.29, 1.82) is 0 Å². The Morgan fingerprint density at radius 1 is 1.00 bits per heavy atom. The van der Waals surface area contributed by atoms with Gasteiger partial charge in [0.2, 0.25) is 5.91 Å². The number of carbonyl (C=O) groups is 1. The molecule has 29 heavy (non-hydrogen) atoms. The first kappa shape index (κ1) is 21.0. The van der Waals surface area contributed by atoms with Crippen molar-refractivity contribution in [2.24, 2.45) is 5.10 Å². The standard InChI is InChI=1S/C23H21ClN2O2S/c24-21-8-4-7-20(13-21)15-28-22-11-9-18(10-12-22)14-25-26-23(27)17-29-16-19-5-2-1-3-6-19/h1-14H,15-17H2,(H,26,27)/b25-14-. The highest BCUT2D eigenvalue weighted by molar-refractivity contribution is 7.99. The minimum atomic E-state index is -0.122. The molecule has 0 saturated carbocycles. The predicted octanol–water partition coefficient (Wildman–Crippen LogP) is 5.30. The van der Waals surface area contributed by atoms with Gasteiger partial charge in [-0.15, -0.1) is 11.8 Å². The molecule has 0 atom stereocenters. The maximum Gasteiger partial charge on any atom is 0.250 e. The zero-order valence-electron chi connectivity index (χ0n) is 15.8. The van der Waals surface area contributed by atoms with Crippen molar-refractivity contribution in [2.45, 2.75) is 12.4 Å². The molecule has 0 unspecified atom stereocenters. The van der Waals surface area contributed by atoms with Crippen LogP contribution in [0.25, 0.3) is 0 Å². The first-order valence-corrected chi connectivity index (χ1v) is 10.6. The van der Waals surface area contributed by atoms with Gasteiger partial charge in [0, 0.05) is 10.8 Å². The average Bonchev–Trinajstić information content (AvgIpc) is 2.74. The molecule has 3 aromatic carbocycles. The molecule has 148 valence electrons. The van der Waals surface area contributed by atoms with Crippen LogP contribution in [-0.4, -0.2) is 17.9 Å². The summed E-state index contributed by atoms with van der Waals surface area (Å²) in [5.41, 5.74) is 5.63. The second-order valence-electron chi connectivity index (χ2n) is 6.26. The van der Waals surface area contributed by atoms with Gasteiger partial charge >= 0.3 is 0 Å². The number of carbonyl (C=O) groups excluding carboxylic acids is 1. The van der Waals surface area contributed by atoms with E-state index in [1.165, 1.54) is 5.56 Å². The maximum absolute atomic E-state index is 11.8. The Bertz CT molecular complexity index is 947. The molecule has 0 heterocycles. The SMILES string of the molecule is O=C(CSCc1ccccc1)N/N=C\c1ccc(OCc2cccc(Cl)c2)cc1. The third kappa shape index (κ3) is 7.64. The van der Waals surface area contributed by atoms with Gasteiger partial charge in [0.15, 0.2) is 0 Å². The summed E-state index contributed by atoms with van der Waals surface area (Å²) < 4.78 is 5.75. The summed E-state index contributed by atoms with van der Waals surface area (Å²) in [5.74, 6) is 1.80. The summed E-state index contributed by atoms with van der Waals surface area (Å²) >= 11 is 7.53. The quantitative estimate of drug-likeness (QED) is 0.374. The minimum Gasteiger partial charge on any atom is -0.489 e. The number of hydrogen-bond acceptors (Lipinski definition) is 4. The summed E-state index contributed by atoms with van der Waals surface area (Å²) in [7, 11) is 0. The van der Waals surface area contributed by atoms with Gasteiger partial charge in [0.25, 0.3) is 0 Å². The molecule has 6 heteroatoms. The van der Waals surface area contributed by atoms with Gasteiger partial charge in [-0.3, -0.25) is 4.79 Å². The number of nitrogens with zero attached hydrogens (tertiary/aromatic N) is 1. The van der Waals surface area contributed by atoms with Crippen LogP contribution in [0.15, 0.2) is 84.0 Å². The Hall–Kier alpha value is -2.76. The lowest BCUT2D eigenvalue weighted by Gasteiger charge is -2.06. The van der Waals surface area contributed by atoms with Crippen molar-refractivity contribution < 1.29 is 9.53 Å². The number of hydrogen-bond donors (Lipinski definition) is 1. The second kappa shape index (κ2) is 11.3. The monoisotopic (exact) mass is 424 g/mol. The molecule has 0 aliphatic heterocycles. The molecule has 0 saturated heterocycles. The second-order valence-corrected chi connectivity index (χ2v) is 7.68. The average molecular weight is 425 g/mol. The van der Waals surface area contributed by atoms with Crippen LogP contribution in [0.1, 0.15) is 16.7 Å². The van der Waals surface area contributed by atoms with Crippen LogP contribution in [0.2, 0.25) is 5.02 Å². The van der Waals surface area contributed by atoms with E-state index in [1.54, 1.807) is 18.0 Å². The molecule has 1 N–H and O–H groups in total. The van der Waals surface area contributed by atoms with Crippen LogP contribution in [0.5, 0.6) is 5.75 Å². The van der Waals surface area contributed by atoms with Gasteiger partial charge in [0.05, 0.1) is 12.0 Å². The molecule has 0 aliphatic carbocycles. The Kier molecular flexibility index (Phi) is 8.16. The lowest BCUT2D eigenvalue weighted by atomic mass is 10.2. The largest absolute Gasteiger partial charge is 0.489 e. The van der Waals surface area contributed by atoms with E-state index in [4.69, 9.17) is 16.3 Å². The Balaban J connectivity index is 1.38. The predicted molar refractivity (Wildman–Crippen MR) is 121 cm³/mol. The number of nitrogens with one attached hydrogen (secondary N) is 1. The molecule has 0 spiro atoms. The maximum atomic E-state index is 11.8. The minimum absolute atomic E-state index is 0.122. The number of hydrazone groups is 1. The lowest BCUT2D eigenvalue weighted by Crippen LogP contribution is -2.19. The van der Waals surface area contributed by atoms with Gasteiger partial charge in [0.1, 0.15) is 12.4 Å². The molecule has 3 aromatic rings. The Morgan fingerprint density at radius 3 is 2.52 bits per heavy atom. The van der Waals surface area contributed by atoms with E-state index in [1.807, 2.05) is 78.9 Å². The number of thioether (sulfide) groups is 1. The van der Waals surface area contributed by atoms with Crippen molar-refractivity contribution in [3.63, 3.8) is 0 Å². The van der Waals surface area contributed by atoms with Crippen molar-refractivity contribution in [2.75, 3.05) is 5.75 Å². The van der Waals surface area contributed by atoms with Gasteiger partial charge in [-0.2, -0.15) is 5.10 Å². The lowest BCUT2D eigenvalue weighted by molar-refractivity contribution is -0.118. The number of amides is 1. The number of ether oxygens (including phenoxy) is 1. The normalized spacial score (nSPS) is 10.8. The van der Waals surface area contributed by atoms with Crippen molar-refractivity contribution in [1.82, 2.24) is 5.43 Å². The Morgan fingerprint density at radius 2 is 1.76 bits per heavy atom. The fourth-order valence-electron chi connectivity index (χ4n) is 2.49. The summed E-state index contributed by atoms with van der Waals surface area (Å²) in [6, 6.07) is 25.1. The molecular formula is C23H21ClN2O2S. The van der Waals surface area contributed by atoms with Gasteiger partial charge in [-0.05, 0) is 53.1 Å². The fraction of sp³-hybridized carbons (Fsp3) is 0.130. The van der Waals surface area contributed by atoms with E-state index in [9.17, 15) is 4.79 Å². The molecule has 0 fully saturated rings. The summed E-state index contributed by atoms with van der Waals surface area (Å²) in [6.45, 7) is 0.449. The van der Waals surface area contributed by atoms with Crippen LogP contribution in [0.4, 0.5) is 0 Å². The van der Waals surface area contributed by atoms with Crippen LogP contribution in [0, 0.1) is 0 Å². The Labute approximate surface area is 179 Å². The molecular weight excluding hydrogens is 404 g/mol. The van der Waals surface area contributed by atoms with Crippen molar-refractivity contribution >= 4 is 35.5 Å². The molecule has 3 rings (SSSR count). The topological polar surface area (TPSA) is 50.7 Å². The van der Waals surface area contributed by atoms with E-state index in [2.05, 4.69) is 10.5 Å². The first-order chi connectivity index (χ1) is 14.2. The van der Waals surface area contributed by atoms with Gasteiger partial charge < -0.3 is 4.74 Å². The smallest absolute Gasteiger partial charge is 0.250 e. The van der Waals surface area contributed by atoms with E-state index in [-0.39, 0.29) is 5.91 Å². The third-order valence-corrected chi connectivity index (χ3v) is 5.16. The zero-order chi connectivity index (χ0) is 20.3. The zero-order valence-corrected chi connectivity index (χ0v) is 17.3. The van der Waals surface area contributed by atoms with Gasteiger partial charge in [-0.1, -0.05) is 54.1 Å². The highest BCUT2D eigenvalue weighted by Gasteiger charge is 2.01. The van der Waals surface area contributed by atoms with Crippen LogP contribution < -0.4 is 10.2 Å². The number of benzene rings is 3. The van der Waals surface area contributed by atoms with Crippen molar-refractivity contribution in [3.05, 3.63) is 101 Å². The van der Waals surface area contributed by atoms with E-state index >= 15 is 0 Å². The van der Waals surface area contributed by atoms with E-state index in [0.717, 1.165) is 22.6 Å². The van der Waals surface area contributed by atoms with Crippen LogP contribution in [0.3, 0.4) is 0 Å². The molecule has 0 aliphatic rings. The molecule has 1 amide bonds. The fourth-order valence-corrected chi connectivity index (χ4v) is 3.48. The first-order valence-electron chi connectivity index (χ1n) is 9.10. The summed E-state index contributed by atoms with van der Waals surface area (Å²) in [4.78, 5) is 11.8. The molecule has 0 bridgehead atoms. The third-order valence-electron chi connectivity index (χ3n) is 3.92. The van der Waals surface area contributed by atoms with Crippen LogP contribution >= 0.6 is 23.4 Å². The van der Waals surface area contributed by atoms with Crippen molar-refractivity contribution in [3.8, 4) is 5.75 Å². The number of halogens is 1. The molecule has 0 radical (unpaired) electrons. The highest BCUT2D eigenvalue weighted by Crippen LogP contribution is 2.16. The highest BCUT2D eigenvalue weighted by atomic mass is 35.5. The van der Waals surface area contributed by atoms with Crippen LogP contribution in [-0.2, 0) is 17.2 Å². The summed E-state index contributed by atoms with van der Waals surface area (Å²) in [5, 5.41) is 4.70. The molecule has 4 nitrogen and oxygen atoms in total.